The summed E-state index contributed by atoms with van der Waals surface area (Å²) in [6.07, 6.45) is -0.154. The number of halogens is 1. The van der Waals surface area contributed by atoms with E-state index < -0.39 is 13.4 Å². The maximum absolute atomic E-state index is 12.7. The van der Waals surface area contributed by atoms with Gasteiger partial charge in [-0.15, -0.1) is 0 Å². The molecule has 0 aliphatic rings. The van der Waals surface area contributed by atoms with E-state index in [-0.39, 0.29) is 12.8 Å². The van der Waals surface area contributed by atoms with Gasteiger partial charge in [0, 0.05) is 0 Å². The molecule has 1 unspecified atom stereocenters. The lowest BCUT2D eigenvalue weighted by atomic mass is 10.2. The maximum atomic E-state index is 12.7. The zero-order valence-electron chi connectivity index (χ0n) is 7.81. The van der Waals surface area contributed by atoms with Crippen LogP contribution in [0.2, 0.25) is 0 Å². The first-order chi connectivity index (χ1) is 6.53. The molecule has 0 radical (unpaired) electrons. The molecule has 0 spiro atoms. The van der Waals surface area contributed by atoms with Crippen LogP contribution in [-0.2, 0) is 15.3 Å². The van der Waals surface area contributed by atoms with Crippen molar-refractivity contribution in [3.63, 3.8) is 0 Å². The molecule has 0 aromatic heterocycles. The van der Waals surface area contributed by atoms with Gasteiger partial charge in [-0.1, -0.05) is 12.1 Å². The summed E-state index contributed by atoms with van der Waals surface area (Å²) in [5.41, 5.74) is 0.462. The molecule has 1 aromatic rings. The van der Waals surface area contributed by atoms with Gasteiger partial charge in [0.1, 0.15) is 5.82 Å². The van der Waals surface area contributed by atoms with Gasteiger partial charge in [-0.25, -0.2) is 4.39 Å². The molecule has 0 amide bonds. The molecule has 0 saturated carbocycles. The first kappa shape index (κ1) is 11.4. The van der Waals surface area contributed by atoms with E-state index in [0.29, 0.717) is 5.56 Å². The second-order valence-electron chi connectivity index (χ2n) is 2.84. The van der Waals surface area contributed by atoms with E-state index in [4.69, 9.17) is 0 Å². The summed E-state index contributed by atoms with van der Waals surface area (Å²) in [7, 11) is -3.60. The van der Waals surface area contributed by atoms with E-state index in [9.17, 15) is 13.8 Å². The van der Waals surface area contributed by atoms with Gasteiger partial charge in [-0.05, 0) is 24.6 Å². The Morgan fingerprint density at radius 2 is 2.29 bits per heavy atom. The molecule has 0 heterocycles. The van der Waals surface area contributed by atoms with E-state index in [1.54, 1.807) is 13.0 Å². The highest BCUT2D eigenvalue weighted by molar-refractivity contribution is 7.51. The molecule has 14 heavy (non-hydrogen) atoms. The van der Waals surface area contributed by atoms with Crippen LogP contribution in [0.15, 0.2) is 24.3 Å². The van der Waals surface area contributed by atoms with Crippen molar-refractivity contribution in [2.75, 3.05) is 6.61 Å². The smallest absolute Gasteiger partial charge is 0.324 e. The highest BCUT2D eigenvalue weighted by Crippen LogP contribution is 2.45. The Kier molecular flexibility index (Phi) is 3.81. The first-order valence-corrected chi connectivity index (χ1v) is 6.00. The maximum Gasteiger partial charge on any atom is 0.332 e. The van der Waals surface area contributed by atoms with E-state index in [0.717, 1.165) is 0 Å². The fraction of sp³-hybridized carbons (Fsp3) is 0.333. The minimum Gasteiger partial charge on any atom is -0.324 e. The van der Waals surface area contributed by atoms with E-state index in [1.807, 2.05) is 0 Å². The number of benzene rings is 1. The normalized spacial score (nSPS) is 15.1. The lowest BCUT2D eigenvalue weighted by Crippen LogP contribution is -1.93. The molecule has 78 valence electrons. The fourth-order valence-corrected chi connectivity index (χ4v) is 2.27. The Balaban J connectivity index is 2.73. The predicted molar refractivity (Wildman–Crippen MR) is 51.6 cm³/mol. The zero-order chi connectivity index (χ0) is 10.6. The predicted octanol–water partition coefficient (Wildman–Crippen LogP) is 2.55. The molecular weight excluding hydrogens is 206 g/mol. The fourth-order valence-electron chi connectivity index (χ4n) is 1.11. The van der Waals surface area contributed by atoms with E-state index in [1.165, 1.54) is 18.2 Å². The van der Waals surface area contributed by atoms with Crippen LogP contribution in [0.25, 0.3) is 0 Å². The third-order valence-corrected chi connectivity index (χ3v) is 3.03. The Morgan fingerprint density at radius 3 is 2.86 bits per heavy atom. The molecule has 1 atom stereocenters. The summed E-state index contributed by atoms with van der Waals surface area (Å²) in [4.78, 5) is 9.27. The molecule has 1 N–H and O–H groups in total. The van der Waals surface area contributed by atoms with Crippen molar-refractivity contribution < 1.29 is 18.4 Å². The van der Waals surface area contributed by atoms with Crippen LogP contribution >= 0.6 is 7.60 Å². The highest BCUT2D eigenvalue weighted by atomic mass is 31.2. The lowest BCUT2D eigenvalue weighted by molar-refractivity contribution is 0.272. The Labute approximate surface area is 82.1 Å². The Hall–Kier alpha value is -0.700. The molecule has 1 aromatic carbocycles. The molecule has 1 rings (SSSR count). The van der Waals surface area contributed by atoms with Gasteiger partial charge in [-0.3, -0.25) is 4.57 Å². The van der Waals surface area contributed by atoms with Gasteiger partial charge in [0.15, 0.2) is 0 Å². The first-order valence-electron chi connectivity index (χ1n) is 4.24. The molecule has 0 aliphatic heterocycles. The highest BCUT2D eigenvalue weighted by Gasteiger charge is 2.18. The van der Waals surface area contributed by atoms with Crippen LogP contribution in [0.5, 0.6) is 0 Å². The average molecular weight is 218 g/mol. The van der Waals surface area contributed by atoms with E-state index >= 15 is 0 Å². The lowest BCUT2D eigenvalue weighted by Gasteiger charge is -2.10. The van der Waals surface area contributed by atoms with Crippen LogP contribution in [0.1, 0.15) is 12.5 Å². The third-order valence-electron chi connectivity index (χ3n) is 1.60. The van der Waals surface area contributed by atoms with Crippen molar-refractivity contribution >= 4 is 7.60 Å². The molecular formula is C9H12FO3P. The monoisotopic (exact) mass is 218 g/mol. The van der Waals surface area contributed by atoms with Gasteiger partial charge in [0.05, 0.1) is 12.8 Å². The van der Waals surface area contributed by atoms with Crippen LogP contribution in [0.3, 0.4) is 0 Å². The quantitative estimate of drug-likeness (QED) is 0.790. The number of hydrogen-bond donors (Lipinski definition) is 1. The summed E-state index contributed by atoms with van der Waals surface area (Å²) in [6.45, 7) is 1.80. The van der Waals surface area contributed by atoms with Crippen LogP contribution in [0, 0.1) is 5.82 Å². The minimum atomic E-state index is -3.60. The van der Waals surface area contributed by atoms with Crippen molar-refractivity contribution in [1.82, 2.24) is 0 Å². The minimum absolute atomic E-state index is 0.154. The van der Waals surface area contributed by atoms with Crippen molar-refractivity contribution in [3.8, 4) is 0 Å². The van der Waals surface area contributed by atoms with Gasteiger partial charge < -0.3 is 9.42 Å². The summed E-state index contributed by atoms with van der Waals surface area (Å²) in [6, 6.07) is 5.59. The van der Waals surface area contributed by atoms with Crippen molar-refractivity contribution in [2.45, 2.75) is 13.1 Å². The second-order valence-corrected chi connectivity index (χ2v) is 4.69. The zero-order valence-corrected chi connectivity index (χ0v) is 8.71. The molecule has 0 fully saturated rings. The summed E-state index contributed by atoms with van der Waals surface area (Å²) < 4.78 is 28.7. The van der Waals surface area contributed by atoms with Crippen molar-refractivity contribution in [1.29, 1.82) is 0 Å². The number of hydrogen-bond acceptors (Lipinski definition) is 2. The van der Waals surface area contributed by atoms with Crippen molar-refractivity contribution in [3.05, 3.63) is 35.6 Å². The van der Waals surface area contributed by atoms with Gasteiger partial charge in [-0.2, -0.15) is 0 Å². The SMILES string of the molecule is CCOP(=O)(O)Cc1cccc(F)c1. The molecule has 3 nitrogen and oxygen atoms in total. The van der Waals surface area contributed by atoms with Crippen LogP contribution in [-0.4, -0.2) is 11.5 Å². The summed E-state index contributed by atoms with van der Waals surface area (Å²) in [5.74, 6) is -0.418. The largest absolute Gasteiger partial charge is 0.332 e. The van der Waals surface area contributed by atoms with Gasteiger partial charge in [0.25, 0.3) is 0 Å². The van der Waals surface area contributed by atoms with E-state index in [2.05, 4.69) is 4.52 Å². The molecule has 0 bridgehead atoms. The summed E-state index contributed by atoms with van der Waals surface area (Å²) in [5, 5.41) is 0. The standard InChI is InChI=1S/C9H12FO3P/c1-2-13-14(11,12)7-8-4-3-5-9(10)6-8/h3-6H,2,7H2,1H3,(H,11,12). The van der Waals surface area contributed by atoms with Crippen LogP contribution < -0.4 is 0 Å². The topological polar surface area (TPSA) is 46.5 Å². The molecule has 5 heteroatoms. The van der Waals surface area contributed by atoms with Crippen molar-refractivity contribution in [2.24, 2.45) is 0 Å². The van der Waals surface area contributed by atoms with Gasteiger partial charge in [0.2, 0.25) is 0 Å². The second kappa shape index (κ2) is 4.69. The third kappa shape index (κ3) is 3.58. The molecule has 0 aliphatic carbocycles. The Morgan fingerprint density at radius 1 is 1.57 bits per heavy atom. The van der Waals surface area contributed by atoms with Crippen LogP contribution in [0.4, 0.5) is 4.39 Å². The molecule has 0 saturated heterocycles. The Bertz CT molecular complexity index is 354. The summed E-state index contributed by atoms with van der Waals surface area (Å²) >= 11 is 0. The van der Waals surface area contributed by atoms with Gasteiger partial charge >= 0.3 is 7.60 Å². The number of rotatable bonds is 4. The average Bonchev–Trinajstić information content (AvgIpc) is 2.02.